The molecule has 1 heterocycles. The first-order valence-corrected chi connectivity index (χ1v) is 3.68. The van der Waals surface area contributed by atoms with E-state index in [1.165, 1.54) is 11.8 Å². The average molecular weight is 158 g/mol. The molecule has 1 aromatic rings. The molecular weight excluding hydrogens is 152 g/mol. The summed E-state index contributed by atoms with van der Waals surface area (Å²) < 4.78 is 4.97. The monoisotopic (exact) mass is 158 g/mol. The van der Waals surface area contributed by atoms with Crippen molar-refractivity contribution in [1.29, 1.82) is 0 Å². The molecule has 0 saturated carbocycles. The third-order valence-corrected chi connectivity index (χ3v) is 1.50. The summed E-state index contributed by atoms with van der Waals surface area (Å²) >= 11 is 1.23. The van der Waals surface area contributed by atoms with Crippen LogP contribution in [0.25, 0.3) is 0 Å². The predicted molar refractivity (Wildman–Crippen MR) is 35.8 cm³/mol. The maximum Gasteiger partial charge on any atom is 0.276 e. The summed E-state index contributed by atoms with van der Waals surface area (Å²) in [6.07, 6.45) is 0.796. The highest BCUT2D eigenvalue weighted by molar-refractivity contribution is 7.99. The van der Waals surface area contributed by atoms with Crippen molar-refractivity contribution in [3.63, 3.8) is 0 Å². The molecular formula is C5H6N2O2S. The summed E-state index contributed by atoms with van der Waals surface area (Å²) in [4.78, 5) is 9.87. The fourth-order valence-electron chi connectivity index (χ4n) is 0.442. The van der Waals surface area contributed by atoms with Crippen LogP contribution >= 0.6 is 11.8 Å². The van der Waals surface area contributed by atoms with Crippen molar-refractivity contribution in [3.05, 3.63) is 5.89 Å². The van der Waals surface area contributed by atoms with Crippen LogP contribution in [0.2, 0.25) is 0 Å². The maximum atomic E-state index is 9.87. The van der Waals surface area contributed by atoms with Crippen molar-refractivity contribution in [3.8, 4) is 0 Å². The number of aromatic nitrogens is 2. The quantitative estimate of drug-likeness (QED) is 0.478. The van der Waals surface area contributed by atoms with Crippen LogP contribution in [0.3, 0.4) is 0 Å². The largest absolute Gasteiger partial charge is 0.416 e. The van der Waals surface area contributed by atoms with E-state index in [1.807, 2.05) is 0 Å². The predicted octanol–water partition coefficient (Wildman–Crippen LogP) is 0.669. The van der Waals surface area contributed by atoms with Gasteiger partial charge in [0.2, 0.25) is 5.89 Å². The van der Waals surface area contributed by atoms with Crippen molar-refractivity contribution < 1.29 is 9.21 Å². The van der Waals surface area contributed by atoms with Gasteiger partial charge in [0.25, 0.3) is 5.22 Å². The lowest BCUT2D eigenvalue weighted by Gasteiger charge is -1.82. The van der Waals surface area contributed by atoms with E-state index in [0.717, 1.165) is 6.29 Å². The molecule has 0 atom stereocenters. The minimum absolute atomic E-state index is 0.363. The van der Waals surface area contributed by atoms with Gasteiger partial charge in [-0.2, -0.15) is 0 Å². The molecule has 1 rings (SSSR count). The Balaban J connectivity index is 2.49. The lowest BCUT2D eigenvalue weighted by molar-refractivity contribution is -0.105. The summed E-state index contributed by atoms with van der Waals surface area (Å²) in [5.41, 5.74) is 0. The topological polar surface area (TPSA) is 56.0 Å². The Morgan fingerprint density at radius 1 is 1.70 bits per heavy atom. The number of carbonyl (C=O) groups excluding carboxylic acids is 1. The van der Waals surface area contributed by atoms with Crippen LogP contribution in [0, 0.1) is 6.92 Å². The molecule has 0 fully saturated rings. The van der Waals surface area contributed by atoms with E-state index >= 15 is 0 Å². The number of nitrogens with zero attached hydrogens (tertiary/aromatic N) is 2. The minimum Gasteiger partial charge on any atom is -0.416 e. The highest BCUT2D eigenvalue weighted by atomic mass is 32.2. The molecule has 1 aromatic heterocycles. The van der Waals surface area contributed by atoms with Crippen molar-refractivity contribution in [1.82, 2.24) is 10.2 Å². The zero-order valence-corrected chi connectivity index (χ0v) is 6.22. The van der Waals surface area contributed by atoms with Gasteiger partial charge in [0.15, 0.2) is 0 Å². The van der Waals surface area contributed by atoms with Gasteiger partial charge in [0, 0.05) is 6.92 Å². The van der Waals surface area contributed by atoms with E-state index in [-0.39, 0.29) is 0 Å². The second-order valence-electron chi connectivity index (χ2n) is 1.56. The van der Waals surface area contributed by atoms with Crippen LogP contribution in [0.5, 0.6) is 0 Å². The Morgan fingerprint density at radius 2 is 2.50 bits per heavy atom. The van der Waals surface area contributed by atoms with Crippen molar-refractivity contribution in [2.45, 2.75) is 12.1 Å². The summed E-state index contributed by atoms with van der Waals surface area (Å²) in [5.74, 6) is 0.884. The van der Waals surface area contributed by atoms with Crippen molar-refractivity contribution >= 4 is 18.0 Å². The third-order valence-electron chi connectivity index (χ3n) is 0.782. The van der Waals surface area contributed by atoms with Gasteiger partial charge in [-0.3, -0.25) is 0 Å². The highest BCUT2D eigenvalue weighted by Crippen LogP contribution is 2.13. The second kappa shape index (κ2) is 3.36. The first kappa shape index (κ1) is 7.27. The molecule has 0 bridgehead atoms. The highest BCUT2D eigenvalue weighted by Gasteiger charge is 2.00. The lowest BCUT2D eigenvalue weighted by Crippen LogP contribution is -1.78. The van der Waals surface area contributed by atoms with Crippen LogP contribution < -0.4 is 0 Å². The van der Waals surface area contributed by atoms with Gasteiger partial charge >= 0.3 is 0 Å². The maximum absolute atomic E-state index is 9.87. The first-order chi connectivity index (χ1) is 4.83. The van der Waals surface area contributed by atoms with E-state index in [2.05, 4.69) is 10.2 Å². The molecule has 0 spiro atoms. The van der Waals surface area contributed by atoms with Gasteiger partial charge in [0.05, 0.1) is 5.75 Å². The minimum atomic E-state index is 0.363. The van der Waals surface area contributed by atoms with Gasteiger partial charge in [-0.1, -0.05) is 11.8 Å². The van der Waals surface area contributed by atoms with Gasteiger partial charge in [-0.05, 0) is 0 Å². The third kappa shape index (κ3) is 1.84. The Labute approximate surface area is 62.0 Å². The number of hydrogen-bond donors (Lipinski definition) is 0. The van der Waals surface area contributed by atoms with E-state index in [4.69, 9.17) is 4.42 Å². The second-order valence-corrected chi connectivity index (χ2v) is 2.54. The molecule has 4 nitrogen and oxygen atoms in total. The molecule has 0 aliphatic rings. The van der Waals surface area contributed by atoms with Crippen LogP contribution in [-0.4, -0.2) is 22.2 Å². The van der Waals surface area contributed by atoms with Gasteiger partial charge < -0.3 is 9.21 Å². The average Bonchev–Trinajstić information content (AvgIpc) is 2.31. The van der Waals surface area contributed by atoms with E-state index in [1.54, 1.807) is 6.92 Å². The molecule has 0 amide bonds. The molecule has 0 saturated heterocycles. The van der Waals surface area contributed by atoms with Crippen LogP contribution in [0.4, 0.5) is 0 Å². The number of aryl methyl sites for hydroxylation is 1. The summed E-state index contributed by atoms with van der Waals surface area (Å²) in [5, 5.41) is 7.71. The molecule has 54 valence electrons. The fraction of sp³-hybridized carbons (Fsp3) is 0.400. The smallest absolute Gasteiger partial charge is 0.276 e. The zero-order valence-electron chi connectivity index (χ0n) is 5.40. The van der Waals surface area contributed by atoms with Crippen LogP contribution in [0.1, 0.15) is 5.89 Å². The Bertz CT molecular complexity index is 223. The normalized spacial score (nSPS) is 9.70. The fourth-order valence-corrected chi connectivity index (χ4v) is 0.931. The molecule has 0 unspecified atom stereocenters. The van der Waals surface area contributed by atoms with Gasteiger partial charge in [-0.25, -0.2) is 0 Å². The molecule has 5 heteroatoms. The molecule has 0 aromatic carbocycles. The van der Waals surface area contributed by atoms with Gasteiger partial charge in [0.1, 0.15) is 6.29 Å². The zero-order chi connectivity index (χ0) is 7.40. The molecule has 0 aliphatic heterocycles. The number of carbonyl (C=O) groups is 1. The number of thioether (sulfide) groups is 1. The summed E-state index contributed by atoms with van der Waals surface area (Å²) in [6, 6.07) is 0. The Morgan fingerprint density at radius 3 is 3.00 bits per heavy atom. The van der Waals surface area contributed by atoms with E-state index < -0.39 is 0 Å². The number of hydrogen-bond acceptors (Lipinski definition) is 5. The summed E-state index contributed by atoms with van der Waals surface area (Å²) in [7, 11) is 0. The number of rotatable bonds is 3. The lowest BCUT2D eigenvalue weighted by atomic mass is 10.8. The van der Waals surface area contributed by atoms with Gasteiger partial charge in [-0.15, -0.1) is 10.2 Å². The molecule has 0 N–H and O–H groups in total. The van der Waals surface area contributed by atoms with E-state index in [0.29, 0.717) is 16.9 Å². The standard InChI is InChI=1S/C5H6N2O2S/c1-4-6-7-5(9-4)10-3-2-8/h2H,3H2,1H3. The van der Waals surface area contributed by atoms with Crippen LogP contribution in [0.15, 0.2) is 9.64 Å². The van der Waals surface area contributed by atoms with Crippen molar-refractivity contribution in [2.75, 3.05) is 5.75 Å². The van der Waals surface area contributed by atoms with Crippen molar-refractivity contribution in [2.24, 2.45) is 0 Å². The summed E-state index contributed by atoms with van der Waals surface area (Å²) in [6.45, 7) is 1.71. The SMILES string of the molecule is Cc1nnc(SCC=O)o1. The van der Waals surface area contributed by atoms with Crippen LogP contribution in [-0.2, 0) is 4.79 Å². The van der Waals surface area contributed by atoms with E-state index in [9.17, 15) is 4.79 Å². The molecule has 0 radical (unpaired) electrons. The molecule has 0 aliphatic carbocycles. The first-order valence-electron chi connectivity index (χ1n) is 2.69. The Kier molecular flexibility index (Phi) is 2.44. The molecule has 10 heavy (non-hydrogen) atoms. The Hall–Kier alpha value is -0.840. The number of aldehydes is 1.